The molecule has 1 aliphatic heterocycles. The molecular formula is C24H24F6N2O5S. The first kappa shape index (κ1) is 29.4. The molecule has 0 aromatic heterocycles. The Morgan fingerprint density at radius 2 is 1.55 bits per heavy atom. The quantitative estimate of drug-likeness (QED) is 0.504. The molecule has 0 radical (unpaired) electrons. The highest BCUT2D eigenvalue weighted by molar-refractivity contribution is 7.90. The number of anilines is 1. The lowest BCUT2D eigenvalue weighted by Crippen LogP contribution is -2.57. The molecular weight excluding hydrogens is 542 g/mol. The molecule has 1 heterocycles. The lowest BCUT2D eigenvalue weighted by Gasteiger charge is -2.38. The molecule has 2 aromatic carbocycles. The van der Waals surface area contributed by atoms with Gasteiger partial charge in [-0.1, -0.05) is 18.2 Å². The summed E-state index contributed by atoms with van der Waals surface area (Å²) in [4.78, 5) is 26.5. The fourth-order valence-corrected chi connectivity index (χ4v) is 4.95. The number of halogens is 6. The number of hydrogen-bond acceptors (Lipinski definition) is 5. The van der Waals surface area contributed by atoms with E-state index in [0.717, 1.165) is 37.1 Å². The Bertz CT molecular complexity index is 1320. The van der Waals surface area contributed by atoms with Crippen molar-refractivity contribution in [3.05, 3.63) is 59.2 Å². The number of amides is 2. The fraction of sp³-hybridized carbons (Fsp3) is 0.417. The van der Waals surface area contributed by atoms with Gasteiger partial charge in [-0.05, 0) is 49.2 Å². The number of nitrogens with one attached hydrogen (secondary N) is 1. The minimum atomic E-state index is -5.85. The Balaban J connectivity index is 1.96. The number of nitrogens with zero attached hydrogens (tertiary/aromatic N) is 1. The summed E-state index contributed by atoms with van der Waals surface area (Å²) in [5.41, 5.74) is -5.21. The monoisotopic (exact) mass is 566 g/mol. The largest absolute Gasteiger partial charge is 0.430 e. The highest BCUT2D eigenvalue weighted by Crippen LogP contribution is 2.53. The maximum atomic E-state index is 13.8. The number of fused-ring (bicyclic) bond motifs is 1. The average Bonchev–Trinajstić information content (AvgIpc) is 3.15. The fourth-order valence-electron chi connectivity index (χ4n) is 4.28. The maximum Gasteiger partial charge on any atom is 0.430 e. The smallest absolute Gasteiger partial charge is 0.351 e. The van der Waals surface area contributed by atoms with Crippen molar-refractivity contribution in [1.82, 2.24) is 4.90 Å². The zero-order valence-electron chi connectivity index (χ0n) is 20.6. The van der Waals surface area contributed by atoms with E-state index in [1.165, 1.54) is 25.1 Å². The van der Waals surface area contributed by atoms with Gasteiger partial charge >= 0.3 is 12.4 Å². The zero-order valence-corrected chi connectivity index (χ0v) is 21.4. The highest BCUT2D eigenvalue weighted by Gasteiger charge is 2.73. The van der Waals surface area contributed by atoms with Gasteiger partial charge in [0, 0.05) is 31.0 Å². The minimum absolute atomic E-state index is 0.0159. The number of hydrogen-bond donors (Lipinski definition) is 1. The van der Waals surface area contributed by atoms with E-state index < -0.39 is 57.3 Å². The summed E-state index contributed by atoms with van der Waals surface area (Å²) >= 11 is 0. The van der Waals surface area contributed by atoms with Crippen molar-refractivity contribution in [2.45, 2.75) is 62.3 Å². The van der Waals surface area contributed by atoms with Crippen LogP contribution in [0.1, 0.15) is 43.5 Å². The van der Waals surface area contributed by atoms with Crippen molar-refractivity contribution in [2.24, 2.45) is 0 Å². The third-order valence-corrected chi connectivity index (χ3v) is 7.02. The van der Waals surface area contributed by atoms with E-state index in [0.29, 0.717) is 23.3 Å². The molecule has 0 bridgehead atoms. The van der Waals surface area contributed by atoms with Gasteiger partial charge in [0.25, 0.3) is 11.5 Å². The lowest BCUT2D eigenvalue weighted by molar-refractivity contribution is -0.396. The number of benzene rings is 2. The molecule has 208 valence electrons. The first-order chi connectivity index (χ1) is 17.3. The molecule has 0 saturated heterocycles. The van der Waals surface area contributed by atoms with Crippen molar-refractivity contribution in [3.63, 3.8) is 0 Å². The standard InChI is InChI=1S/C24H24F6N2O5S/c1-13(2)37-22(23(25,26)27,24(28,29)30)16-5-7-17(8-6-16)31-21(34)20-19-10-9-18(38(4,35)36)11-15(19)12-32(20)14(3)33/h5-11,13,20H,12H2,1-4H3,(H,31,34). The van der Waals surface area contributed by atoms with Gasteiger partial charge in [-0.25, -0.2) is 8.42 Å². The summed E-state index contributed by atoms with van der Waals surface area (Å²) in [6.07, 6.45) is -12.1. The van der Waals surface area contributed by atoms with E-state index in [-0.39, 0.29) is 17.1 Å². The molecule has 0 fully saturated rings. The Morgan fingerprint density at radius 1 is 1.00 bits per heavy atom. The molecule has 0 saturated carbocycles. The van der Waals surface area contributed by atoms with Crippen molar-refractivity contribution >= 4 is 27.3 Å². The Labute approximate surface area is 214 Å². The second kappa shape index (κ2) is 9.88. The molecule has 3 rings (SSSR count). The van der Waals surface area contributed by atoms with Crippen LogP contribution in [-0.2, 0) is 36.3 Å². The van der Waals surface area contributed by atoms with Gasteiger partial charge in [0.05, 0.1) is 11.0 Å². The minimum Gasteiger partial charge on any atom is -0.351 e. The second-order valence-corrected chi connectivity index (χ2v) is 11.1. The predicted molar refractivity (Wildman–Crippen MR) is 124 cm³/mol. The number of carbonyl (C=O) groups excluding carboxylic acids is 2. The van der Waals surface area contributed by atoms with Gasteiger partial charge in [0.15, 0.2) is 9.84 Å². The molecule has 0 spiro atoms. The van der Waals surface area contributed by atoms with Crippen molar-refractivity contribution in [3.8, 4) is 0 Å². The van der Waals surface area contributed by atoms with E-state index in [2.05, 4.69) is 10.1 Å². The third kappa shape index (κ3) is 5.37. The van der Waals surface area contributed by atoms with Crippen LogP contribution in [0.2, 0.25) is 0 Å². The van der Waals surface area contributed by atoms with Crippen LogP contribution >= 0.6 is 0 Å². The third-order valence-electron chi connectivity index (χ3n) is 5.91. The Hall–Kier alpha value is -3.13. The summed E-state index contributed by atoms with van der Waals surface area (Å²) in [6, 6.07) is 5.64. The van der Waals surface area contributed by atoms with Crippen molar-refractivity contribution in [1.29, 1.82) is 0 Å². The van der Waals surface area contributed by atoms with Crippen LogP contribution in [0, 0.1) is 0 Å². The van der Waals surface area contributed by atoms with Crippen molar-refractivity contribution < 1.29 is 49.1 Å². The van der Waals surface area contributed by atoms with Crippen LogP contribution < -0.4 is 5.32 Å². The first-order valence-electron chi connectivity index (χ1n) is 11.1. The number of ether oxygens (including phenoxy) is 1. The van der Waals surface area contributed by atoms with Crippen molar-refractivity contribution in [2.75, 3.05) is 11.6 Å². The summed E-state index contributed by atoms with van der Waals surface area (Å²) in [5, 5.41) is 2.40. The van der Waals surface area contributed by atoms with Gasteiger partial charge in [0.2, 0.25) is 5.91 Å². The van der Waals surface area contributed by atoms with Crippen LogP contribution in [0.4, 0.5) is 32.0 Å². The maximum absolute atomic E-state index is 13.8. The van der Waals surface area contributed by atoms with Gasteiger partial charge in [0.1, 0.15) is 6.04 Å². The van der Waals surface area contributed by atoms with Gasteiger partial charge in [-0.3, -0.25) is 9.59 Å². The highest BCUT2D eigenvalue weighted by atomic mass is 32.2. The van der Waals surface area contributed by atoms with E-state index in [1.807, 2.05) is 0 Å². The SMILES string of the molecule is CC(=O)N1Cc2cc(S(C)(=O)=O)ccc2C1C(=O)Nc1ccc(C(OC(C)C)(C(F)(F)F)C(F)(F)F)cc1. The van der Waals surface area contributed by atoms with E-state index in [9.17, 15) is 44.3 Å². The van der Waals surface area contributed by atoms with Gasteiger partial charge < -0.3 is 15.0 Å². The lowest BCUT2D eigenvalue weighted by atomic mass is 9.91. The van der Waals surface area contributed by atoms with Crippen LogP contribution in [0.3, 0.4) is 0 Å². The molecule has 1 atom stereocenters. The molecule has 14 heteroatoms. The number of alkyl halides is 6. The topological polar surface area (TPSA) is 92.8 Å². The molecule has 2 amide bonds. The van der Waals surface area contributed by atoms with Crippen LogP contribution in [0.25, 0.3) is 0 Å². The van der Waals surface area contributed by atoms with E-state index in [1.54, 1.807) is 0 Å². The van der Waals surface area contributed by atoms with Crippen LogP contribution in [0.5, 0.6) is 0 Å². The normalized spacial score (nSPS) is 16.5. The second-order valence-electron chi connectivity index (χ2n) is 9.09. The van der Waals surface area contributed by atoms with Crippen LogP contribution in [0.15, 0.2) is 47.4 Å². The number of carbonyl (C=O) groups is 2. The summed E-state index contributed by atoms with van der Waals surface area (Å²) in [5.74, 6) is -1.31. The molecule has 2 aromatic rings. The number of sulfone groups is 1. The summed E-state index contributed by atoms with van der Waals surface area (Å²) in [6.45, 7) is 3.21. The molecule has 38 heavy (non-hydrogen) atoms. The summed E-state index contributed by atoms with van der Waals surface area (Å²) in [7, 11) is -3.57. The van der Waals surface area contributed by atoms with Crippen LogP contribution in [-0.4, -0.2) is 49.8 Å². The van der Waals surface area contributed by atoms with E-state index >= 15 is 0 Å². The molecule has 7 nitrogen and oxygen atoms in total. The molecule has 1 aliphatic rings. The summed E-state index contributed by atoms with van der Waals surface area (Å²) < 4.78 is 111. The van der Waals surface area contributed by atoms with E-state index in [4.69, 9.17) is 0 Å². The first-order valence-corrected chi connectivity index (χ1v) is 13.0. The zero-order chi connectivity index (χ0) is 28.8. The Morgan fingerprint density at radius 3 is 2.00 bits per heavy atom. The van der Waals surface area contributed by atoms with Gasteiger partial charge in [-0.2, -0.15) is 26.3 Å². The average molecular weight is 567 g/mol. The number of rotatable bonds is 6. The predicted octanol–water partition coefficient (Wildman–Crippen LogP) is 4.88. The molecule has 0 aliphatic carbocycles. The molecule has 1 unspecified atom stereocenters. The van der Waals surface area contributed by atoms with Gasteiger partial charge in [-0.15, -0.1) is 0 Å². The molecule has 1 N–H and O–H groups in total. The Kier molecular flexibility index (Phi) is 7.65.